The fourth-order valence-corrected chi connectivity index (χ4v) is 4.63. The normalized spacial score (nSPS) is 12.3. The molecule has 0 spiro atoms. The quantitative estimate of drug-likeness (QED) is 0.441. The number of aryl methyl sites for hydroxylation is 1. The fraction of sp³-hybridized carbons (Fsp3) is 0.217. The largest absolute Gasteiger partial charge is 0.397 e. The minimum Gasteiger partial charge on any atom is -0.397 e. The van der Waals surface area contributed by atoms with Crippen LogP contribution in [0.25, 0.3) is 16.6 Å². The molecule has 9 heteroatoms. The molecule has 0 saturated carbocycles. The number of nitrogens with zero attached hydrogens (tertiary/aromatic N) is 3. The molecule has 0 amide bonds. The zero-order valence-corrected chi connectivity index (χ0v) is 19.0. The van der Waals surface area contributed by atoms with E-state index in [9.17, 15) is 12.8 Å². The van der Waals surface area contributed by atoms with Crippen molar-refractivity contribution < 1.29 is 12.8 Å². The molecular weight excluding hydrogens is 429 g/mol. The highest BCUT2D eigenvalue weighted by molar-refractivity contribution is 7.92. The van der Waals surface area contributed by atoms with Gasteiger partial charge in [0.15, 0.2) is 0 Å². The zero-order valence-electron chi connectivity index (χ0n) is 18.2. The summed E-state index contributed by atoms with van der Waals surface area (Å²) in [6.07, 6.45) is 1.64. The first-order valence-electron chi connectivity index (χ1n) is 10.0. The Kier molecular flexibility index (Phi) is 5.16. The summed E-state index contributed by atoms with van der Waals surface area (Å²) in [5.41, 5.74) is 8.35. The third kappa shape index (κ3) is 3.91. The van der Waals surface area contributed by atoms with Gasteiger partial charge < -0.3 is 5.73 Å². The third-order valence-electron chi connectivity index (χ3n) is 5.14. The summed E-state index contributed by atoms with van der Waals surface area (Å²) < 4.78 is 44.8. The third-order valence-corrected chi connectivity index (χ3v) is 6.49. The number of aromatic nitrogens is 3. The van der Waals surface area contributed by atoms with Crippen molar-refractivity contribution in [1.29, 1.82) is 0 Å². The molecule has 2 aromatic heterocycles. The summed E-state index contributed by atoms with van der Waals surface area (Å²) in [7, 11) is -4.07. The number of hydrogen-bond donors (Lipinski definition) is 2. The molecule has 0 aliphatic heterocycles. The minimum absolute atomic E-state index is 0.169. The zero-order chi connectivity index (χ0) is 23.3. The maximum absolute atomic E-state index is 14.6. The van der Waals surface area contributed by atoms with E-state index in [1.165, 1.54) is 16.8 Å². The van der Waals surface area contributed by atoms with E-state index in [-0.39, 0.29) is 10.7 Å². The number of pyridine rings is 1. The Morgan fingerprint density at radius 2 is 1.84 bits per heavy atom. The van der Waals surface area contributed by atoms with Gasteiger partial charge in [-0.2, -0.15) is 5.10 Å². The van der Waals surface area contributed by atoms with Gasteiger partial charge in [0.2, 0.25) is 0 Å². The highest BCUT2D eigenvalue weighted by atomic mass is 32.2. The lowest BCUT2D eigenvalue weighted by Crippen LogP contribution is -2.18. The Morgan fingerprint density at radius 3 is 2.53 bits per heavy atom. The lowest BCUT2D eigenvalue weighted by atomic mass is 9.87. The van der Waals surface area contributed by atoms with Crippen LogP contribution in [0.1, 0.15) is 32.0 Å². The summed E-state index contributed by atoms with van der Waals surface area (Å²) in [5.74, 6) is -0.349. The van der Waals surface area contributed by atoms with Gasteiger partial charge in [0.25, 0.3) is 10.0 Å². The van der Waals surface area contributed by atoms with Gasteiger partial charge >= 0.3 is 0 Å². The van der Waals surface area contributed by atoms with E-state index in [4.69, 9.17) is 5.73 Å². The van der Waals surface area contributed by atoms with Gasteiger partial charge in [-0.1, -0.05) is 26.8 Å². The predicted octanol–water partition coefficient (Wildman–Crippen LogP) is 4.55. The molecule has 0 radical (unpaired) electrons. The van der Waals surface area contributed by atoms with E-state index in [0.717, 1.165) is 11.5 Å². The van der Waals surface area contributed by atoms with Gasteiger partial charge in [-0.3, -0.25) is 9.71 Å². The fourth-order valence-electron chi connectivity index (χ4n) is 3.59. The van der Waals surface area contributed by atoms with Crippen molar-refractivity contribution in [2.24, 2.45) is 0 Å². The van der Waals surface area contributed by atoms with Crippen molar-refractivity contribution in [1.82, 2.24) is 14.8 Å². The van der Waals surface area contributed by atoms with Crippen LogP contribution in [0.5, 0.6) is 0 Å². The first-order valence-corrected chi connectivity index (χ1v) is 11.5. The van der Waals surface area contributed by atoms with Crippen molar-refractivity contribution in [2.75, 3.05) is 10.5 Å². The molecule has 0 fully saturated rings. The van der Waals surface area contributed by atoms with Crippen molar-refractivity contribution in [3.8, 4) is 5.69 Å². The van der Waals surface area contributed by atoms with Gasteiger partial charge in [-0.25, -0.2) is 17.5 Å². The average Bonchev–Trinajstić information content (AvgIpc) is 3.06. The Balaban J connectivity index is 1.78. The molecule has 2 heterocycles. The van der Waals surface area contributed by atoms with Gasteiger partial charge in [0.1, 0.15) is 11.6 Å². The van der Waals surface area contributed by atoms with E-state index < -0.39 is 21.3 Å². The minimum atomic E-state index is -4.07. The number of benzene rings is 2. The monoisotopic (exact) mass is 453 g/mol. The highest BCUT2D eigenvalue weighted by Gasteiger charge is 2.24. The number of hydrogen-bond acceptors (Lipinski definition) is 5. The number of nitrogens with two attached hydrogens (primary N) is 1. The standard InChI is InChI=1S/C23H24FN5O2S/c1-14-12-21(28-32(30,31)15-7-8-17(18(24)13-15)23(2,3)4)29(27-14)20-10-9-19(25)22-16(20)6-5-11-26-22/h5-13,28H,25H2,1-4H3. The Hall–Kier alpha value is -3.46. The molecule has 0 bridgehead atoms. The van der Waals surface area contributed by atoms with Gasteiger partial charge in [-0.15, -0.1) is 0 Å². The Labute approximate surface area is 186 Å². The van der Waals surface area contributed by atoms with Crippen molar-refractivity contribution in [2.45, 2.75) is 38.0 Å². The van der Waals surface area contributed by atoms with Crippen LogP contribution < -0.4 is 10.5 Å². The van der Waals surface area contributed by atoms with Gasteiger partial charge in [-0.05, 0) is 54.3 Å². The number of anilines is 2. The van der Waals surface area contributed by atoms with E-state index in [0.29, 0.717) is 28.1 Å². The van der Waals surface area contributed by atoms with E-state index in [2.05, 4.69) is 14.8 Å². The topological polar surface area (TPSA) is 103 Å². The lowest BCUT2D eigenvalue weighted by Gasteiger charge is -2.20. The van der Waals surface area contributed by atoms with Crippen LogP contribution in [-0.2, 0) is 15.4 Å². The first-order chi connectivity index (χ1) is 15.0. The molecule has 2 aromatic carbocycles. The molecule has 32 heavy (non-hydrogen) atoms. The summed E-state index contributed by atoms with van der Waals surface area (Å²) in [6.45, 7) is 7.35. The Bertz CT molecular complexity index is 1440. The van der Waals surface area contributed by atoms with Gasteiger partial charge in [0, 0.05) is 17.6 Å². The number of nitrogens with one attached hydrogen (secondary N) is 1. The van der Waals surface area contributed by atoms with Crippen LogP contribution in [0.2, 0.25) is 0 Å². The van der Waals surface area contributed by atoms with Crippen LogP contribution in [-0.4, -0.2) is 23.2 Å². The summed E-state index contributed by atoms with van der Waals surface area (Å²) in [4.78, 5) is 4.15. The molecule has 166 valence electrons. The summed E-state index contributed by atoms with van der Waals surface area (Å²) in [5, 5.41) is 5.17. The maximum atomic E-state index is 14.6. The number of sulfonamides is 1. The second-order valence-electron chi connectivity index (χ2n) is 8.65. The molecule has 0 saturated heterocycles. The van der Waals surface area contributed by atoms with Crippen LogP contribution in [0, 0.1) is 12.7 Å². The molecule has 0 aliphatic carbocycles. The predicted molar refractivity (Wildman–Crippen MR) is 124 cm³/mol. The lowest BCUT2D eigenvalue weighted by molar-refractivity contribution is 0.519. The molecule has 0 aliphatic rings. The molecule has 7 nitrogen and oxygen atoms in total. The van der Waals surface area contributed by atoms with E-state index in [1.807, 2.05) is 26.8 Å². The van der Waals surface area contributed by atoms with Crippen molar-refractivity contribution in [3.63, 3.8) is 0 Å². The van der Waals surface area contributed by atoms with Crippen molar-refractivity contribution in [3.05, 3.63) is 71.8 Å². The van der Waals surface area contributed by atoms with Crippen LogP contribution >= 0.6 is 0 Å². The maximum Gasteiger partial charge on any atom is 0.263 e. The molecule has 4 rings (SSSR count). The molecule has 0 unspecified atom stereocenters. The number of halogens is 1. The summed E-state index contributed by atoms with van der Waals surface area (Å²) >= 11 is 0. The van der Waals surface area contributed by atoms with Crippen molar-refractivity contribution >= 4 is 32.4 Å². The van der Waals surface area contributed by atoms with Crippen LogP contribution in [0.4, 0.5) is 15.9 Å². The van der Waals surface area contributed by atoms with E-state index in [1.54, 1.807) is 37.4 Å². The van der Waals surface area contributed by atoms with E-state index >= 15 is 0 Å². The second kappa shape index (κ2) is 7.59. The Morgan fingerprint density at radius 1 is 1.09 bits per heavy atom. The molecule has 3 N–H and O–H groups in total. The smallest absolute Gasteiger partial charge is 0.263 e. The molecular formula is C23H24FN5O2S. The van der Waals surface area contributed by atoms with Gasteiger partial charge in [0.05, 0.1) is 27.5 Å². The average molecular weight is 454 g/mol. The molecule has 4 aromatic rings. The highest BCUT2D eigenvalue weighted by Crippen LogP contribution is 2.30. The number of rotatable bonds is 4. The summed E-state index contributed by atoms with van der Waals surface area (Å²) in [6, 6.07) is 12.6. The number of nitrogen functional groups attached to an aromatic ring is 1. The van der Waals surface area contributed by atoms with Crippen LogP contribution in [0.15, 0.2) is 59.6 Å². The first kappa shape index (κ1) is 21.8. The SMILES string of the molecule is Cc1cc(NS(=O)(=O)c2ccc(C(C)(C)C)c(F)c2)n(-c2ccc(N)c3ncccc23)n1. The number of fused-ring (bicyclic) bond motifs is 1. The molecule has 0 atom stereocenters. The van der Waals surface area contributed by atoms with Crippen LogP contribution in [0.3, 0.4) is 0 Å². The second-order valence-corrected chi connectivity index (χ2v) is 10.3.